The van der Waals surface area contributed by atoms with Gasteiger partial charge in [0.05, 0.1) is 29.9 Å². The van der Waals surface area contributed by atoms with Crippen molar-refractivity contribution >= 4 is 55.5 Å². The van der Waals surface area contributed by atoms with Crippen molar-refractivity contribution in [2.75, 3.05) is 62.7 Å². The summed E-state index contributed by atoms with van der Waals surface area (Å²) in [5, 5.41) is 4.96. The van der Waals surface area contributed by atoms with Gasteiger partial charge in [-0.25, -0.2) is 18.1 Å². The molecular formula is C44H49ClN6O5S. The Morgan fingerprint density at radius 3 is 2.54 bits per heavy atom. The van der Waals surface area contributed by atoms with E-state index in [9.17, 15) is 13.2 Å². The number of amides is 1. The summed E-state index contributed by atoms with van der Waals surface area (Å²) in [5.74, 6) is 0.306. The molecule has 2 aliphatic heterocycles. The van der Waals surface area contributed by atoms with Crippen LogP contribution in [0.5, 0.6) is 11.5 Å². The van der Waals surface area contributed by atoms with Crippen LogP contribution in [0.15, 0.2) is 95.7 Å². The molecule has 3 aliphatic rings. The zero-order valence-electron chi connectivity index (χ0n) is 32.6. The number of carbonyl (C=O) groups excluding carboxylic acids is 1. The second-order valence-electron chi connectivity index (χ2n) is 16.3. The Hall–Kier alpha value is -4.88. The highest BCUT2D eigenvalue weighted by atomic mass is 35.5. The average molecular weight is 809 g/mol. The molecule has 1 aliphatic carbocycles. The second kappa shape index (κ2) is 16.2. The molecule has 2 aromatic heterocycles. The highest BCUT2D eigenvalue weighted by molar-refractivity contribution is 7.90. The monoisotopic (exact) mass is 808 g/mol. The number of aromatic nitrogens is 2. The number of rotatable bonds is 12. The number of nitrogens with zero attached hydrogens (tertiary/aromatic N) is 3. The largest absolute Gasteiger partial charge is 0.455 e. The number of hydrogen-bond donors (Lipinski definition) is 3. The van der Waals surface area contributed by atoms with Gasteiger partial charge >= 0.3 is 0 Å². The normalized spacial score (nSPS) is 17.7. The van der Waals surface area contributed by atoms with Gasteiger partial charge in [-0.3, -0.25) is 9.69 Å². The lowest BCUT2D eigenvalue weighted by Gasteiger charge is -2.39. The van der Waals surface area contributed by atoms with E-state index in [-0.39, 0.29) is 21.6 Å². The summed E-state index contributed by atoms with van der Waals surface area (Å²) in [6.45, 7) is 12.9. The number of nitrogens with one attached hydrogen (secondary N) is 3. The smallest absolute Gasteiger partial charge is 0.268 e. The zero-order valence-corrected chi connectivity index (χ0v) is 34.2. The maximum absolute atomic E-state index is 13.8. The number of piperazine rings is 1. The number of H-pyrrole nitrogens is 1. The molecule has 8 rings (SSSR count). The zero-order chi connectivity index (χ0) is 39.7. The van der Waals surface area contributed by atoms with E-state index in [0.717, 1.165) is 99.1 Å². The maximum atomic E-state index is 13.8. The number of halogens is 1. The number of fused-ring (bicyclic) bond motifs is 1. The summed E-state index contributed by atoms with van der Waals surface area (Å²) < 4.78 is 41.0. The number of carbonyl (C=O) groups is 1. The van der Waals surface area contributed by atoms with Crippen LogP contribution in [-0.4, -0.2) is 81.7 Å². The lowest BCUT2D eigenvalue weighted by Crippen LogP contribution is -2.47. The van der Waals surface area contributed by atoms with Crippen molar-refractivity contribution in [3.05, 3.63) is 112 Å². The Morgan fingerprint density at radius 1 is 1.02 bits per heavy atom. The van der Waals surface area contributed by atoms with Crippen molar-refractivity contribution in [2.24, 2.45) is 11.3 Å². The van der Waals surface area contributed by atoms with Gasteiger partial charge in [-0.1, -0.05) is 43.2 Å². The first-order valence-electron chi connectivity index (χ1n) is 19.6. The van der Waals surface area contributed by atoms with Gasteiger partial charge in [0.25, 0.3) is 15.9 Å². The van der Waals surface area contributed by atoms with Crippen LogP contribution >= 0.6 is 11.6 Å². The van der Waals surface area contributed by atoms with Crippen LogP contribution in [0.2, 0.25) is 5.02 Å². The summed E-state index contributed by atoms with van der Waals surface area (Å²) in [4.78, 5) is 26.2. The van der Waals surface area contributed by atoms with Crippen molar-refractivity contribution in [3.63, 3.8) is 0 Å². The van der Waals surface area contributed by atoms with E-state index < -0.39 is 15.9 Å². The molecule has 0 atom stereocenters. The fourth-order valence-electron chi connectivity index (χ4n) is 7.87. The first-order chi connectivity index (χ1) is 27.4. The number of ether oxygens (including phenoxy) is 2. The van der Waals surface area contributed by atoms with Crippen LogP contribution in [0, 0.1) is 18.3 Å². The fourth-order valence-corrected chi connectivity index (χ4v) is 9.05. The molecule has 4 heterocycles. The van der Waals surface area contributed by atoms with Crippen LogP contribution in [0.1, 0.15) is 54.6 Å². The van der Waals surface area contributed by atoms with Gasteiger partial charge in [0.2, 0.25) is 0 Å². The summed E-state index contributed by atoms with van der Waals surface area (Å²) in [6.07, 6.45) is 6.66. The van der Waals surface area contributed by atoms with Gasteiger partial charge in [0.15, 0.2) is 0 Å². The molecule has 13 heteroatoms. The summed E-state index contributed by atoms with van der Waals surface area (Å²) >= 11 is 6.24. The number of allylic oxidation sites excluding steroid dienone is 1. The summed E-state index contributed by atoms with van der Waals surface area (Å²) in [5.41, 5.74) is 7.73. The number of anilines is 2. The van der Waals surface area contributed by atoms with E-state index >= 15 is 0 Å². The molecule has 0 saturated carbocycles. The van der Waals surface area contributed by atoms with Gasteiger partial charge < -0.3 is 24.7 Å². The predicted molar refractivity (Wildman–Crippen MR) is 226 cm³/mol. The van der Waals surface area contributed by atoms with Crippen molar-refractivity contribution in [1.82, 2.24) is 19.6 Å². The average Bonchev–Trinajstić information content (AvgIpc) is 3.64. The number of hydrogen-bond acceptors (Lipinski definition) is 9. The van der Waals surface area contributed by atoms with Crippen molar-refractivity contribution in [3.8, 4) is 11.5 Å². The molecule has 298 valence electrons. The van der Waals surface area contributed by atoms with Gasteiger partial charge in [0.1, 0.15) is 17.1 Å². The van der Waals surface area contributed by atoms with E-state index in [2.05, 4.69) is 55.8 Å². The summed E-state index contributed by atoms with van der Waals surface area (Å²) in [7, 11) is -4.21. The van der Waals surface area contributed by atoms with Gasteiger partial charge in [-0.05, 0) is 103 Å². The molecule has 0 spiro atoms. The Bertz CT molecular complexity index is 2420. The molecule has 2 fully saturated rings. The molecule has 3 N–H and O–H groups in total. The minimum absolute atomic E-state index is 0.00191. The molecule has 0 radical (unpaired) electrons. The van der Waals surface area contributed by atoms with Gasteiger partial charge in [-0.15, -0.1) is 0 Å². The first-order valence-corrected chi connectivity index (χ1v) is 21.4. The molecular weight excluding hydrogens is 760 g/mol. The topological polar surface area (TPSA) is 129 Å². The molecule has 1 amide bonds. The molecule has 3 aromatic carbocycles. The molecule has 2 saturated heterocycles. The number of aryl methyl sites for hydroxylation is 1. The summed E-state index contributed by atoms with van der Waals surface area (Å²) in [6, 6.07) is 22.1. The lowest BCUT2D eigenvalue weighted by atomic mass is 9.72. The highest BCUT2D eigenvalue weighted by Gasteiger charge is 2.30. The van der Waals surface area contributed by atoms with Crippen LogP contribution in [0.25, 0.3) is 16.6 Å². The van der Waals surface area contributed by atoms with Crippen LogP contribution in [0.4, 0.5) is 11.4 Å². The molecule has 57 heavy (non-hydrogen) atoms. The Morgan fingerprint density at radius 2 is 1.81 bits per heavy atom. The minimum atomic E-state index is -4.21. The van der Waals surface area contributed by atoms with E-state index in [1.807, 2.05) is 43.3 Å². The standard InChI is InChI=1S/C44H49ClN6O5S/c1-29-20-37(9-11-40(29)47-24-30-27-55-28-30)57(53,54)49-43(52)38-10-8-35(22-41(38)56-36-21-32-13-15-46-42(32)48-25-36)51-18-16-50(17-19-51)26-33-12-14-44(2,3)23-39(33)31-4-6-34(45)7-5-31/h4-11,13,15,20-22,25,30,47H,12,14,16-19,23-24,26-28H2,1-3H3,(H,46,48)(H,49,52). The van der Waals surface area contributed by atoms with E-state index in [1.54, 1.807) is 30.6 Å². The Balaban J connectivity index is 0.996. The van der Waals surface area contributed by atoms with Crippen molar-refractivity contribution in [1.29, 1.82) is 0 Å². The third kappa shape index (κ3) is 8.99. The fraction of sp³-hybridized carbons (Fsp3) is 0.364. The molecule has 5 aromatic rings. The number of benzene rings is 3. The minimum Gasteiger partial charge on any atom is -0.455 e. The SMILES string of the molecule is Cc1cc(S(=O)(=O)NC(=O)c2ccc(N3CCN(CC4=C(c5ccc(Cl)cc5)CC(C)(C)CC4)CC3)cc2Oc2cnc3[nH]ccc3c2)ccc1NCC1COC1. The lowest BCUT2D eigenvalue weighted by molar-refractivity contribution is -0.0248. The maximum Gasteiger partial charge on any atom is 0.268 e. The van der Waals surface area contributed by atoms with Crippen LogP contribution < -0.4 is 19.7 Å². The predicted octanol–water partition coefficient (Wildman–Crippen LogP) is 8.28. The first kappa shape index (κ1) is 39.0. The number of pyridine rings is 1. The van der Waals surface area contributed by atoms with Crippen LogP contribution in [0.3, 0.4) is 0 Å². The number of aromatic amines is 1. The third-order valence-electron chi connectivity index (χ3n) is 11.4. The van der Waals surface area contributed by atoms with E-state index in [0.29, 0.717) is 17.3 Å². The van der Waals surface area contributed by atoms with Crippen LogP contribution in [-0.2, 0) is 14.8 Å². The van der Waals surface area contributed by atoms with Crippen molar-refractivity contribution < 1.29 is 22.7 Å². The van der Waals surface area contributed by atoms with Crippen molar-refractivity contribution in [2.45, 2.75) is 44.9 Å². The molecule has 11 nitrogen and oxygen atoms in total. The highest BCUT2D eigenvalue weighted by Crippen LogP contribution is 2.43. The Labute approximate surface area is 339 Å². The quantitative estimate of drug-likeness (QED) is 0.114. The second-order valence-corrected chi connectivity index (χ2v) is 18.4. The molecule has 0 unspecified atom stereocenters. The van der Waals surface area contributed by atoms with Gasteiger partial charge in [0, 0.05) is 79.2 Å². The van der Waals surface area contributed by atoms with E-state index in [1.165, 1.54) is 22.8 Å². The number of sulfonamides is 1. The van der Waals surface area contributed by atoms with Gasteiger partial charge in [-0.2, -0.15) is 0 Å². The van der Waals surface area contributed by atoms with E-state index in [4.69, 9.17) is 21.1 Å². The third-order valence-corrected chi connectivity index (χ3v) is 12.9. The molecule has 0 bridgehead atoms. The Kier molecular flexibility index (Phi) is 11.1.